The number of ether oxygens (including phenoxy) is 2. The Morgan fingerprint density at radius 3 is 2.50 bits per heavy atom. The van der Waals surface area contributed by atoms with Gasteiger partial charge >= 0.3 is 0 Å². The van der Waals surface area contributed by atoms with Gasteiger partial charge in [-0.15, -0.1) is 0 Å². The first-order valence-corrected chi connectivity index (χ1v) is 10.6. The van der Waals surface area contributed by atoms with E-state index >= 15 is 0 Å². The van der Waals surface area contributed by atoms with Crippen molar-refractivity contribution in [1.82, 2.24) is 19.6 Å². The summed E-state index contributed by atoms with van der Waals surface area (Å²) < 4.78 is 15.5. The first-order valence-electron chi connectivity index (χ1n) is 9.76. The third-order valence-electron chi connectivity index (χ3n) is 4.52. The molecule has 1 aromatic carbocycles. The molecule has 30 heavy (non-hydrogen) atoms. The maximum absolute atomic E-state index is 12.8. The quantitative estimate of drug-likeness (QED) is 0.504. The van der Waals surface area contributed by atoms with E-state index in [1.165, 1.54) is 0 Å². The summed E-state index contributed by atoms with van der Waals surface area (Å²) in [6.45, 7) is 9.17. The second-order valence-corrected chi connectivity index (χ2v) is 8.11. The van der Waals surface area contributed by atoms with Crippen molar-refractivity contribution >= 4 is 27.5 Å². The summed E-state index contributed by atoms with van der Waals surface area (Å²) in [7, 11) is 0. The Kier molecular flexibility index (Phi) is 6.81. The van der Waals surface area contributed by atoms with Crippen molar-refractivity contribution in [2.45, 2.75) is 39.8 Å². The molecule has 0 radical (unpaired) electrons. The van der Waals surface area contributed by atoms with Gasteiger partial charge in [-0.3, -0.25) is 14.2 Å². The van der Waals surface area contributed by atoms with Gasteiger partial charge in [-0.25, -0.2) is 0 Å². The van der Waals surface area contributed by atoms with E-state index < -0.39 is 5.54 Å². The monoisotopic (exact) mass is 475 g/mol. The van der Waals surface area contributed by atoms with E-state index in [0.717, 1.165) is 15.8 Å². The lowest BCUT2D eigenvalue weighted by Crippen LogP contribution is -2.40. The lowest BCUT2D eigenvalue weighted by Gasteiger charge is -2.23. The van der Waals surface area contributed by atoms with Crippen LogP contribution >= 0.6 is 15.9 Å². The molecular formula is C21H26BrN5O3. The maximum Gasteiger partial charge on any atom is 0.251 e. The van der Waals surface area contributed by atoms with Crippen LogP contribution in [0.5, 0.6) is 11.5 Å². The molecule has 0 fully saturated rings. The van der Waals surface area contributed by atoms with Crippen LogP contribution in [0.3, 0.4) is 0 Å². The SMILES string of the molecule is CCOc1ccc(Cn2cc(NC(=O)C(C)(C)n3cc(Br)cn3)cn2)cc1OCC. The van der Waals surface area contributed by atoms with Gasteiger partial charge in [0.2, 0.25) is 0 Å². The minimum atomic E-state index is -0.852. The maximum atomic E-state index is 12.8. The van der Waals surface area contributed by atoms with Gasteiger partial charge in [0.15, 0.2) is 11.5 Å². The van der Waals surface area contributed by atoms with Crippen LogP contribution < -0.4 is 14.8 Å². The molecular weight excluding hydrogens is 450 g/mol. The number of hydrogen-bond donors (Lipinski definition) is 1. The van der Waals surface area contributed by atoms with Gasteiger partial charge in [0.05, 0.1) is 42.3 Å². The first kappa shape index (κ1) is 21.9. The number of hydrogen-bond acceptors (Lipinski definition) is 5. The molecule has 0 unspecified atom stereocenters. The summed E-state index contributed by atoms with van der Waals surface area (Å²) in [6.07, 6.45) is 6.85. The number of amides is 1. The van der Waals surface area contributed by atoms with Crippen molar-refractivity contribution in [3.63, 3.8) is 0 Å². The van der Waals surface area contributed by atoms with Gasteiger partial charge in [0.25, 0.3) is 5.91 Å². The third-order valence-corrected chi connectivity index (χ3v) is 4.93. The molecule has 3 rings (SSSR count). The van der Waals surface area contributed by atoms with Gasteiger partial charge in [-0.05, 0) is 61.3 Å². The molecule has 0 saturated carbocycles. The largest absolute Gasteiger partial charge is 0.490 e. The zero-order valence-electron chi connectivity index (χ0n) is 17.6. The number of carbonyl (C=O) groups is 1. The molecule has 0 aliphatic heterocycles. The summed E-state index contributed by atoms with van der Waals surface area (Å²) in [5.74, 6) is 1.26. The average Bonchev–Trinajstić information content (AvgIpc) is 3.33. The molecule has 9 heteroatoms. The van der Waals surface area contributed by atoms with Crippen LogP contribution in [0, 0.1) is 0 Å². The predicted molar refractivity (Wildman–Crippen MR) is 118 cm³/mol. The van der Waals surface area contributed by atoms with E-state index in [1.807, 2.05) is 32.0 Å². The van der Waals surface area contributed by atoms with Gasteiger partial charge in [-0.1, -0.05) is 6.07 Å². The number of nitrogens with one attached hydrogen (secondary N) is 1. The van der Waals surface area contributed by atoms with Crippen molar-refractivity contribution in [2.75, 3.05) is 18.5 Å². The molecule has 3 aromatic rings. The first-order chi connectivity index (χ1) is 14.3. The third kappa shape index (κ3) is 5.02. The number of rotatable bonds is 9. The van der Waals surface area contributed by atoms with E-state index in [1.54, 1.807) is 48.0 Å². The highest BCUT2D eigenvalue weighted by Crippen LogP contribution is 2.29. The molecule has 8 nitrogen and oxygen atoms in total. The van der Waals surface area contributed by atoms with E-state index in [4.69, 9.17) is 9.47 Å². The van der Waals surface area contributed by atoms with E-state index in [2.05, 4.69) is 31.4 Å². The van der Waals surface area contributed by atoms with E-state index in [-0.39, 0.29) is 5.91 Å². The van der Waals surface area contributed by atoms with Crippen LogP contribution in [-0.2, 0) is 16.9 Å². The van der Waals surface area contributed by atoms with Crippen molar-refractivity contribution in [3.8, 4) is 11.5 Å². The molecule has 1 N–H and O–H groups in total. The minimum Gasteiger partial charge on any atom is -0.490 e. The Bertz CT molecular complexity index is 1010. The Labute approximate surface area is 184 Å². The fourth-order valence-corrected chi connectivity index (χ4v) is 3.18. The summed E-state index contributed by atoms with van der Waals surface area (Å²) in [4.78, 5) is 12.8. The summed E-state index contributed by atoms with van der Waals surface area (Å²) in [5.41, 5.74) is 0.787. The standard InChI is InChI=1S/C21H26BrN5O3/c1-5-29-18-8-7-15(9-19(18)30-6-2)12-26-14-17(11-23-26)25-20(28)21(3,4)27-13-16(22)10-24-27/h7-11,13-14H,5-6,12H2,1-4H3,(H,25,28). The lowest BCUT2D eigenvalue weighted by molar-refractivity contribution is -0.123. The lowest BCUT2D eigenvalue weighted by atomic mass is 10.1. The smallest absolute Gasteiger partial charge is 0.251 e. The number of nitrogens with zero attached hydrogens (tertiary/aromatic N) is 4. The zero-order valence-corrected chi connectivity index (χ0v) is 19.1. The molecule has 2 heterocycles. The summed E-state index contributed by atoms with van der Waals surface area (Å²) >= 11 is 3.36. The Balaban J connectivity index is 1.69. The predicted octanol–water partition coefficient (Wildman–Crippen LogP) is 4.06. The Morgan fingerprint density at radius 2 is 1.83 bits per heavy atom. The van der Waals surface area contributed by atoms with Gasteiger partial charge in [-0.2, -0.15) is 10.2 Å². The molecule has 160 valence electrons. The molecule has 2 aromatic heterocycles. The number of aromatic nitrogens is 4. The number of halogens is 1. The average molecular weight is 476 g/mol. The summed E-state index contributed by atoms with van der Waals surface area (Å²) in [6, 6.07) is 5.83. The highest BCUT2D eigenvalue weighted by molar-refractivity contribution is 9.10. The summed E-state index contributed by atoms with van der Waals surface area (Å²) in [5, 5.41) is 11.5. The van der Waals surface area contributed by atoms with Crippen LogP contribution in [0.25, 0.3) is 0 Å². The minimum absolute atomic E-state index is 0.183. The van der Waals surface area contributed by atoms with Crippen molar-refractivity contribution in [3.05, 3.63) is 53.0 Å². The van der Waals surface area contributed by atoms with Crippen LogP contribution in [0.1, 0.15) is 33.3 Å². The Hall–Kier alpha value is -2.81. The highest BCUT2D eigenvalue weighted by Gasteiger charge is 2.31. The normalized spacial score (nSPS) is 11.4. The molecule has 0 atom stereocenters. The Morgan fingerprint density at radius 1 is 1.10 bits per heavy atom. The fraction of sp³-hybridized carbons (Fsp3) is 0.381. The second kappa shape index (κ2) is 9.34. The number of benzene rings is 1. The zero-order chi connectivity index (χ0) is 21.7. The number of anilines is 1. The van der Waals surface area contributed by atoms with Crippen molar-refractivity contribution < 1.29 is 14.3 Å². The van der Waals surface area contributed by atoms with Crippen molar-refractivity contribution in [2.24, 2.45) is 0 Å². The van der Waals surface area contributed by atoms with Crippen LogP contribution in [-0.4, -0.2) is 38.7 Å². The molecule has 0 aliphatic carbocycles. The van der Waals surface area contributed by atoms with Crippen LogP contribution in [0.2, 0.25) is 0 Å². The van der Waals surface area contributed by atoms with E-state index in [9.17, 15) is 4.79 Å². The molecule has 1 amide bonds. The second-order valence-electron chi connectivity index (χ2n) is 7.19. The van der Waals surface area contributed by atoms with Crippen LogP contribution in [0.15, 0.2) is 47.5 Å². The fourth-order valence-electron chi connectivity index (χ4n) is 2.89. The van der Waals surface area contributed by atoms with Crippen LogP contribution in [0.4, 0.5) is 5.69 Å². The van der Waals surface area contributed by atoms with Crippen molar-refractivity contribution in [1.29, 1.82) is 0 Å². The van der Waals surface area contributed by atoms with E-state index in [0.29, 0.717) is 31.2 Å². The number of carbonyl (C=O) groups excluding carboxylic acids is 1. The molecule has 0 bridgehead atoms. The molecule has 0 spiro atoms. The van der Waals surface area contributed by atoms with Gasteiger partial charge in [0.1, 0.15) is 5.54 Å². The molecule has 0 aliphatic rings. The van der Waals surface area contributed by atoms with Gasteiger partial charge < -0.3 is 14.8 Å². The highest BCUT2D eigenvalue weighted by atomic mass is 79.9. The molecule has 0 saturated heterocycles. The van der Waals surface area contributed by atoms with Gasteiger partial charge in [0, 0.05) is 12.4 Å². The topological polar surface area (TPSA) is 83.2 Å².